The van der Waals surface area contributed by atoms with Crippen LogP contribution in [0.25, 0.3) is 0 Å². The average Bonchev–Trinajstić information content (AvgIpc) is 2.20. The van der Waals surface area contributed by atoms with Gasteiger partial charge in [0, 0.05) is 38.3 Å². The third-order valence-electron chi connectivity index (χ3n) is 2.75. The number of hydrogen-bond acceptors (Lipinski definition) is 3. The fourth-order valence-electron chi connectivity index (χ4n) is 1.91. The van der Waals surface area contributed by atoms with E-state index in [1.165, 1.54) is 0 Å². The summed E-state index contributed by atoms with van der Waals surface area (Å²) in [6.45, 7) is 18.2. The van der Waals surface area contributed by atoms with Gasteiger partial charge in [-0.25, -0.2) is 0 Å². The molecule has 0 aliphatic rings. The minimum absolute atomic E-state index is 0.619. The molecule has 3 nitrogen and oxygen atoms in total. The van der Waals surface area contributed by atoms with Crippen LogP contribution in [0.4, 0.5) is 0 Å². The Morgan fingerprint density at radius 2 is 1.53 bits per heavy atom. The predicted molar refractivity (Wildman–Crippen MR) is 75.5 cm³/mol. The lowest BCUT2D eigenvalue weighted by Gasteiger charge is -2.30. The van der Waals surface area contributed by atoms with Crippen molar-refractivity contribution in [2.75, 3.05) is 32.8 Å². The Balaban J connectivity index is 3.43. The van der Waals surface area contributed by atoms with E-state index in [1.54, 1.807) is 0 Å². The smallest absolute Gasteiger partial charge is 0.0591 e. The Morgan fingerprint density at radius 3 is 2.00 bits per heavy atom. The second-order valence-corrected chi connectivity index (χ2v) is 5.64. The maximum Gasteiger partial charge on any atom is 0.0591 e. The van der Waals surface area contributed by atoms with Gasteiger partial charge in [-0.05, 0) is 33.6 Å². The van der Waals surface area contributed by atoms with Crippen molar-refractivity contribution in [1.82, 2.24) is 10.2 Å². The molecular formula is C14H32N2O. The molecule has 0 spiro atoms. The van der Waals surface area contributed by atoms with Crippen molar-refractivity contribution in [2.45, 2.75) is 53.6 Å². The van der Waals surface area contributed by atoms with E-state index in [-0.39, 0.29) is 0 Å². The zero-order chi connectivity index (χ0) is 13.3. The van der Waals surface area contributed by atoms with Crippen LogP contribution in [-0.2, 0) is 4.74 Å². The molecular weight excluding hydrogens is 212 g/mol. The highest BCUT2D eigenvalue weighted by Crippen LogP contribution is 2.03. The van der Waals surface area contributed by atoms with Crippen molar-refractivity contribution < 1.29 is 4.74 Å². The fraction of sp³-hybridized carbons (Fsp3) is 1.00. The predicted octanol–water partition coefficient (Wildman–Crippen LogP) is 2.37. The molecule has 17 heavy (non-hydrogen) atoms. The van der Waals surface area contributed by atoms with Crippen LogP contribution in [0.15, 0.2) is 0 Å². The van der Waals surface area contributed by atoms with Crippen LogP contribution in [0.5, 0.6) is 0 Å². The average molecular weight is 244 g/mol. The summed E-state index contributed by atoms with van der Waals surface area (Å²) in [6.07, 6.45) is 0. The van der Waals surface area contributed by atoms with Gasteiger partial charge in [-0.3, -0.25) is 4.90 Å². The van der Waals surface area contributed by atoms with Crippen LogP contribution >= 0.6 is 0 Å². The second-order valence-electron chi connectivity index (χ2n) is 5.64. The first-order valence-electron chi connectivity index (χ1n) is 6.99. The molecule has 1 N–H and O–H groups in total. The molecule has 0 bridgehead atoms. The van der Waals surface area contributed by atoms with Gasteiger partial charge in [0.15, 0.2) is 0 Å². The third-order valence-corrected chi connectivity index (χ3v) is 2.75. The first kappa shape index (κ1) is 16.9. The van der Waals surface area contributed by atoms with Crippen molar-refractivity contribution in [1.29, 1.82) is 0 Å². The topological polar surface area (TPSA) is 24.5 Å². The van der Waals surface area contributed by atoms with E-state index in [9.17, 15) is 0 Å². The molecule has 0 amide bonds. The molecule has 0 saturated carbocycles. The summed E-state index contributed by atoms with van der Waals surface area (Å²) in [5.41, 5.74) is 0. The molecule has 0 fully saturated rings. The highest BCUT2D eigenvalue weighted by molar-refractivity contribution is 4.68. The summed E-state index contributed by atoms with van der Waals surface area (Å²) in [5.74, 6) is 0.632. The van der Waals surface area contributed by atoms with Gasteiger partial charge in [-0.1, -0.05) is 13.8 Å². The maximum absolute atomic E-state index is 5.52. The second kappa shape index (κ2) is 9.86. The summed E-state index contributed by atoms with van der Waals surface area (Å²) >= 11 is 0. The molecule has 3 heteroatoms. The maximum atomic E-state index is 5.52. The molecule has 0 saturated heterocycles. The minimum Gasteiger partial charge on any atom is -0.380 e. The lowest BCUT2D eigenvalue weighted by atomic mass is 10.2. The Bertz CT molecular complexity index is 162. The molecule has 0 aromatic carbocycles. The van der Waals surface area contributed by atoms with E-state index >= 15 is 0 Å². The largest absolute Gasteiger partial charge is 0.380 e. The molecule has 0 rings (SSSR count). The van der Waals surface area contributed by atoms with Crippen molar-refractivity contribution in [3.63, 3.8) is 0 Å². The fourth-order valence-corrected chi connectivity index (χ4v) is 1.91. The van der Waals surface area contributed by atoms with E-state index in [4.69, 9.17) is 4.74 Å². The van der Waals surface area contributed by atoms with Crippen LogP contribution in [0, 0.1) is 5.92 Å². The third kappa shape index (κ3) is 9.57. The monoisotopic (exact) mass is 244 g/mol. The molecule has 0 unspecified atom stereocenters. The van der Waals surface area contributed by atoms with E-state index < -0.39 is 0 Å². The number of nitrogens with one attached hydrogen (secondary N) is 1. The first-order chi connectivity index (χ1) is 7.95. The number of nitrogens with zero attached hydrogens (tertiary/aromatic N) is 1. The summed E-state index contributed by atoms with van der Waals surface area (Å²) < 4.78 is 5.52. The summed E-state index contributed by atoms with van der Waals surface area (Å²) in [4.78, 5) is 2.50. The number of hydrogen-bond donors (Lipinski definition) is 1. The van der Waals surface area contributed by atoms with Crippen LogP contribution in [0.1, 0.15) is 41.5 Å². The van der Waals surface area contributed by atoms with Gasteiger partial charge >= 0.3 is 0 Å². The van der Waals surface area contributed by atoms with E-state index in [0.717, 1.165) is 32.8 Å². The number of ether oxygens (including phenoxy) is 1. The molecule has 0 atom stereocenters. The van der Waals surface area contributed by atoms with Crippen LogP contribution < -0.4 is 5.32 Å². The SMILES string of the molecule is CC(C)COCCNCCN(C(C)C)C(C)C. The van der Waals surface area contributed by atoms with Crippen LogP contribution in [0.3, 0.4) is 0 Å². The van der Waals surface area contributed by atoms with Crippen LogP contribution in [-0.4, -0.2) is 49.8 Å². The van der Waals surface area contributed by atoms with E-state index in [2.05, 4.69) is 51.8 Å². The van der Waals surface area contributed by atoms with Gasteiger partial charge in [-0.2, -0.15) is 0 Å². The summed E-state index contributed by atoms with van der Waals surface area (Å²) in [7, 11) is 0. The zero-order valence-electron chi connectivity index (χ0n) is 12.6. The Hall–Kier alpha value is -0.120. The van der Waals surface area contributed by atoms with Crippen molar-refractivity contribution in [3.05, 3.63) is 0 Å². The van der Waals surface area contributed by atoms with Crippen molar-refractivity contribution >= 4 is 0 Å². The zero-order valence-corrected chi connectivity index (χ0v) is 12.6. The van der Waals surface area contributed by atoms with Gasteiger partial charge < -0.3 is 10.1 Å². The molecule has 0 heterocycles. The summed E-state index contributed by atoms with van der Waals surface area (Å²) in [5, 5.41) is 3.43. The molecule has 0 radical (unpaired) electrons. The van der Waals surface area contributed by atoms with Gasteiger partial charge in [0.2, 0.25) is 0 Å². The van der Waals surface area contributed by atoms with Gasteiger partial charge in [0.1, 0.15) is 0 Å². The molecule has 0 aromatic rings. The Labute approximate surface area is 108 Å². The van der Waals surface area contributed by atoms with Gasteiger partial charge in [0.05, 0.1) is 6.61 Å². The summed E-state index contributed by atoms with van der Waals surface area (Å²) in [6, 6.07) is 1.24. The Morgan fingerprint density at radius 1 is 0.941 bits per heavy atom. The standard InChI is InChI=1S/C14H32N2O/c1-12(2)11-17-10-8-15-7-9-16(13(3)4)14(5)6/h12-15H,7-11H2,1-6H3. The van der Waals surface area contributed by atoms with Crippen molar-refractivity contribution in [3.8, 4) is 0 Å². The molecule has 0 aromatic heterocycles. The molecule has 0 aliphatic heterocycles. The van der Waals surface area contributed by atoms with Gasteiger partial charge in [0.25, 0.3) is 0 Å². The lowest BCUT2D eigenvalue weighted by Crippen LogP contribution is -2.41. The van der Waals surface area contributed by atoms with E-state index in [1.807, 2.05) is 0 Å². The normalized spacial score (nSPS) is 12.4. The van der Waals surface area contributed by atoms with Gasteiger partial charge in [-0.15, -0.1) is 0 Å². The lowest BCUT2D eigenvalue weighted by molar-refractivity contribution is 0.110. The minimum atomic E-state index is 0.619. The Kier molecular flexibility index (Phi) is 9.79. The van der Waals surface area contributed by atoms with Crippen LogP contribution in [0.2, 0.25) is 0 Å². The van der Waals surface area contributed by atoms with E-state index in [0.29, 0.717) is 18.0 Å². The molecule has 104 valence electrons. The molecule has 0 aliphatic carbocycles. The quantitative estimate of drug-likeness (QED) is 0.597. The highest BCUT2D eigenvalue weighted by Gasteiger charge is 2.11. The number of rotatable bonds is 10. The van der Waals surface area contributed by atoms with Crippen molar-refractivity contribution in [2.24, 2.45) is 5.92 Å². The highest BCUT2D eigenvalue weighted by atomic mass is 16.5. The first-order valence-corrected chi connectivity index (χ1v) is 6.99.